The van der Waals surface area contributed by atoms with Gasteiger partial charge in [-0.2, -0.15) is 0 Å². The van der Waals surface area contributed by atoms with Gasteiger partial charge in [0.25, 0.3) is 0 Å². The molecule has 0 aromatic heterocycles. The van der Waals surface area contributed by atoms with Crippen LogP contribution in [0.25, 0.3) is 0 Å². The molecule has 0 rings (SSSR count). The maximum Gasteiger partial charge on any atom is 0.305 e. The first kappa shape index (κ1) is 53.0. The molecule has 0 saturated carbocycles. The summed E-state index contributed by atoms with van der Waals surface area (Å²) in [5.41, 5.74) is 0. The van der Waals surface area contributed by atoms with E-state index in [9.17, 15) is 14.4 Å². The van der Waals surface area contributed by atoms with Crippen LogP contribution in [0.15, 0.2) is 12.2 Å². The number of ether oxygens (including phenoxy) is 5. The number of unbranched alkanes of at least 4 members (excludes halogenated alkanes) is 19. The maximum atomic E-state index is 12.9. The average Bonchev–Trinajstić information content (AvgIpc) is 3.17. The first-order chi connectivity index (χ1) is 26.8. The predicted molar refractivity (Wildman–Crippen MR) is 226 cm³/mol. The standard InChI is InChI=1S/C46H87NO8/c1-6-9-12-15-18-19-20-21-22-23-24-25-28-32-43(48)53-39-42(40-54-44(49)33-31-36-47(4)5)41-55-45(50)34-35-46(51-37-29-26-16-13-10-7-2)52-38-30-27-17-14-11-8-3/h19-20,42,46H,6-18,21-41H2,1-5H3/b20-19-. The summed E-state index contributed by atoms with van der Waals surface area (Å²) in [5, 5.41) is 0. The average molecular weight is 782 g/mol. The molecule has 0 amide bonds. The van der Waals surface area contributed by atoms with Gasteiger partial charge in [-0.1, -0.05) is 136 Å². The molecule has 324 valence electrons. The van der Waals surface area contributed by atoms with Gasteiger partial charge in [-0.3, -0.25) is 14.4 Å². The van der Waals surface area contributed by atoms with Gasteiger partial charge in [0.15, 0.2) is 6.29 Å². The second-order valence-corrected chi connectivity index (χ2v) is 15.7. The van der Waals surface area contributed by atoms with E-state index in [4.69, 9.17) is 23.7 Å². The van der Waals surface area contributed by atoms with Crippen molar-refractivity contribution in [3.05, 3.63) is 12.2 Å². The molecule has 0 fully saturated rings. The number of carbonyl (C=O) groups excluding carboxylic acids is 3. The van der Waals surface area contributed by atoms with Gasteiger partial charge in [-0.25, -0.2) is 0 Å². The predicted octanol–water partition coefficient (Wildman–Crippen LogP) is 11.7. The van der Waals surface area contributed by atoms with Crippen LogP contribution in [0, 0.1) is 5.92 Å². The lowest BCUT2D eigenvalue weighted by atomic mass is 10.1. The van der Waals surface area contributed by atoms with Gasteiger partial charge in [0.2, 0.25) is 0 Å². The number of esters is 3. The highest BCUT2D eigenvalue weighted by Crippen LogP contribution is 2.14. The summed E-state index contributed by atoms with van der Waals surface area (Å²) in [4.78, 5) is 39.9. The molecule has 0 aromatic rings. The van der Waals surface area contributed by atoms with Gasteiger partial charge in [0, 0.05) is 32.5 Å². The van der Waals surface area contributed by atoms with Crippen LogP contribution in [0.4, 0.5) is 0 Å². The van der Waals surface area contributed by atoms with Gasteiger partial charge < -0.3 is 28.6 Å². The molecule has 0 N–H and O–H groups in total. The number of hydrogen-bond donors (Lipinski definition) is 0. The van der Waals surface area contributed by atoms with Crippen LogP contribution in [-0.2, 0) is 38.1 Å². The van der Waals surface area contributed by atoms with E-state index in [2.05, 4.69) is 32.9 Å². The molecule has 9 heteroatoms. The van der Waals surface area contributed by atoms with E-state index < -0.39 is 12.2 Å². The lowest BCUT2D eigenvalue weighted by Gasteiger charge is -2.20. The Kier molecular flexibility index (Phi) is 40.2. The molecular weight excluding hydrogens is 695 g/mol. The van der Waals surface area contributed by atoms with Crippen molar-refractivity contribution >= 4 is 17.9 Å². The number of carbonyl (C=O) groups is 3. The van der Waals surface area contributed by atoms with Gasteiger partial charge in [0.05, 0.1) is 12.3 Å². The topological polar surface area (TPSA) is 101 Å². The van der Waals surface area contributed by atoms with Crippen LogP contribution in [0.5, 0.6) is 0 Å². The van der Waals surface area contributed by atoms with E-state index in [1.165, 1.54) is 96.3 Å². The Labute approximate surface area is 338 Å². The minimum Gasteiger partial charge on any atom is -0.465 e. The number of nitrogens with zero attached hydrogens (tertiary/aromatic N) is 1. The fourth-order valence-corrected chi connectivity index (χ4v) is 6.16. The molecular formula is C46H87NO8. The highest BCUT2D eigenvalue weighted by atomic mass is 16.7. The second kappa shape index (κ2) is 41.7. The number of allylic oxidation sites excluding steroid dienone is 2. The summed E-state index contributed by atoms with van der Waals surface area (Å²) < 4.78 is 28.9. The summed E-state index contributed by atoms with van der Waals surface area (Å²) in [6, 6.07) is 0. The number of hydrogen-bond acceptors (Lipinski definition) is 9. The first-order valence-corrected chi connectivity index (χ1v) is 22.8. The third-order valence-electron chi connectivity index (χ3n) is 9.76. The molecule has 0 aliphatic heterocycles. The molecule has 0 aliphatic rings. The third kappa shape index (κ3) is 40.0. The van der Waals surface area contributed by atoms with E-state index in [1.54, 1.807) is 0 Å². The van der Waals surface area contributed by atoms with E-state index in [0.29, 0.717) is 38.9 Å². The molecule has 0 aliphatic carbocycles. The van der Waals surface area contributed by atoms with Crippen LogP contribution in [0.2, 0.25) is 0 Å². The van der Waals surface area contributed by atoms with Gasteiger partial charge in [-0.05, 0) is 72.0 Å². The van der Waals surface area contributed by atoms with Gasteiger partial charge in [0.1, 0.15) is 19.8 Å². The molecule has 55 heavy (non-hydrogen) atoms. The van der Waals surface area contributed by atoms with E-state index in [1.807, 2.05) is 19.0 Å². The molecule has 0 radical (unpaired) electrons. The minimum absolute atomic E-state index is 0.00613. The minimum atomic E-state index is -0.444. The Morgan fingerprint density at radius 2 is 0.855 bits per heavy atom. The molecule has 1 unspecified atom stereocenters. The van der Waals surface area contributed by atoms with Crippen molar-refractivity contribution in [1.82, 2.24) is 4.90 Å². The van der Waals surface area contributed by atoms with Crippen LogP contribution >= 0.6 is 0 Å². The van der Waals surface area contributed by atoms with Crippen molar-refractivity contribution in [2.75, 3.05) is 53.7 Å². The van der Waals surface area contributed by atoms with Crippen molar-refractivity contribution < 1.29 is 38.1 Å². The Bertz CT molecular complexity index is 877. The van der Waals surface area contributed by atoms with E-state index in [0.717, 1.165) is 57.9 Å². The fraction of sp³-hybridized carbons (Fsp3) is 0.891. The van der Waals surface area contributed by atoms with Gasteiger partial charge >= 0.3 is 17.9 Å². The summed E-state index contributed by atoms with van der Waals surface area (Å²) in [6.45, 7) is 8.78. The molecule has 0 aromatic carbocycles. The van der Waals surface area contributed by atoms with Crippen molar-refractivity contribution in [3.8, 4) is 0 Å². The molecule has 0 saturated heterocycles. The van der Waals surface area contributed by atoms with E-state index in [-0.39, 0.29) is 44.1 Å². The van der Waals surface area contributed by atoms with Gasteiger partial charge in [-0.15, -0.1) is 0 Å². The maximum absolute atomic E-state index is 12.9. The Balaban J connectivity index is 4.74. The lowest BCUT2D eigenvalue weighted by molar-refractivity contribution is -0.162. The zero-order valence-corrected chi connectivity index (χ0v) is 36.6. The van der Waals surface area contributed by atoms with Crippen LogP contribution in [-0.4, -0.2) is 82.8 Å². The van der Waals surface area contributed by atoms with Crippen LogP contribution in [0.3, 0.4) is 0 Å². The van der Waals surface area contributed by atoms with Crippen molar-refractivity contribution in [2.45, 2.75) is 207 Å². The molecule has 9 nitrogen and oxygen atoms in total. The summed E-state index contributed by atoms with van der Waals surface area (Å²) >= 11 is 0. The van der Waals surface area contributed by atoms with Crippen molar-refractivity contribution in [2.24, 2.45) is 5.92 Å². The Hall–Kier alpha value is -1.97. The van der Waals surface area contributed by atoms with Crippen molar-refractivity contribution in [1.29, 1.82) is 0 Å². The molecule has 0 heterocycles. The van der Waals surface area contributed by atoms with Crippen LogP contribution in [0.1, 0.15) is 201 Å². The summed E-state index contributed by atoms with van der Waals surface area (Å²) in [5.74, 6) is -1.38. The monoisotopic (exact) mass is 782 g/mol. The number of rotatable bonds is 42. The zero-order valence-electron chi connectivity index (χ0n) is 36.6. The highest BCUT2D eigenvalue weighted by Gasteiger charge is 2.19. The normalized spacial score (nSPS) is 12.2. The summed E-state index contributed by atoms with van der Waals surface area (Å²) in [6.07, 6.45) is 33.1. The lowest BCUT2D eigenvalue weighted by Crippen LogP contribution is -2.27. The highest BCUT2D eigenvalue weighted by molar-refractivity contribution is 5.70. The van der Waals surface area contributed by atoms with E-state index >= 15 is 0 Å². The summed E-state index contributed by atoms with van der Waals surface area (Å²) in [7, 11) is 3.93. The third-order valence-corrected chi connectivity index (χ3v) is 9.76. The van der Waals surface area contributed by atoms with Crippen molar-refractivity contribution in [3.63, 3.8) is 0 Å². The van der Waals surface area contributed by atoms with Crippen LogP contribution < -0.4 is 0 Å². The smallest absolute Gasteiger partial charge is 0.305 e. The quantitative estimate of drug-likeness (QED) is 0.0197. The SMILES string of the molecule is CCCCCC/C=C\CCCCCCCC(=O)OCC(COC(=O)CCCN(C)C)COC(=O)CCC(OCCCCCCCC)OCCCCCCCC. The molecule has 0 bridgehead atoms. The Morgan fingerprint density at radius 3 is 1.33 bits per heavy atom. The first-order valence-electron chi connectivity index (χ1n) is 22.8. The molecule has 1 atom stereocenters. The largest absolute Gasteiger partial charge is 0.465 e. The zero-order chi connectivity index (χ0) is 40.5. The Morgan fingerprint density at radius 1 is 0.473 bits per heavy atom. The molecule has 0 spiro atoms. The fourth-order valence-electron chi connectivity index (χ4n) is 6.16. The second-order valence-electron chi connectivity index (χ2n) is 15.7.